The summed E-state index contributed by atoms with van der Waals surface area (Å²) in [7, 11) is 1.65. The maximum absolute atomic E-state index is 13.4. The zero-order valence-electron chi connectivity index (χ0n) is 16.2. The molecule has 27 heavy (non-hydrogen) atoms. The molecule has 3 fully saturated rings. The minimum Gasteiger partial charge on any atom is -0.339 e. The average molecular weight is 371 g/mol. The Morgan fingerprint density at radius 1 is 1.04 bits per heavy atom. The summed E-state index contributed by atoms with van der Waals surface area (Å²) in [6.45, 7) is 2.00. The number of hydrogen-bond donors (Lipinski definition) is 0. The summed E-state index contributed by atoms with van der Waals surface area (Å²) in [4.78, 5) is 41.8. The molecule has 1 aromatic rings. The van der Waals surface area contributed by atoms with Gasteiger partial charge in [0, 0.05) is 45.0 Å². The molecule has 1 spiro atoms. The van der Waals surface area contributed by atoms with Crippen molar-refractivity contribution in [3.63, 3.8) is 0 Å². The molecule has 3 heterocycles. The largest absolute Gasteiger partial charge is 0.339 e. The van der Waals surface area contributed by atoms with E-state index in [0.717, 1.165) is 38.6 Å². The molecule has 2 saturated heterocycles. The number of pyridine rings is 1. The molecule has 1 atom stereocenters. The molecule has 1 aliphatic carbocycles. The van der Waals surface area contributed by atoms with Gasteiger partial charge in [-0.25, -0.2) is 0 Å². The van der Waals surface area contributed by atoms with E-state index < -0.39 is 5.41 Å². The van der Waals surface area contributed by atoms with Gasteiger partial charge in [0.25, 0.3) is 5.91 Å². The SMILES string of the molecule is Cn1cc(C(=O)N2CC[C@]3(CCCN(C4CCCCC4)C3=O)C2)ccc1=O. The van der Waals surface area contributed by atoms with Gasteiger partial charge in [0.2, 0.25) is 11.5 Å². The molecule has 0 unspecified atom stereocenters. The smallest absolute Gasteiger partial charge is 0.255 e. The fourth-order valence-electron chi connectivity index (χ4n) is 5.17. The minimum atomic E-state index is -0.397. The van der Waals surface area contributed by atoms with Crippen molar-refractivity contribution in [2.45, 2.75) is 57.4 Å². The highest BCUT2D eigenvalue weighted by Crippen LogP contribution is 2.42. The minimum absolute atomic E-state index is 0.0786. The van der Waals surface area contributed by atoms with Crippen LogP contribution in [0.1, 0.15) is 61.7 Å². The second-order valence-electron chi connectivity index (χ2n) is 8.52. The standard InChI is InChI=1S/C21H29N3O3/c1-22-14-16(8-9-18(22)25)19(26)23-13-11-21(15-23)10-5-12-24(20(21)27)17-6-3-2-4-7-17/h8-9,14,17H,2-7,10-13,15H2,1H3/t21-/m1/s1. The lowest BCUT2D eigenvalue weighted by atomic mass is 9.77. The van der Waals surface area contributed by atoms with Crippen LogP contribution in [0.3, 0.4) is 0 Å². The molecule has 0 radical (unpaired) electrons. The van der Waals surface area contributed by atoms with Gasteiger partial charge in [-0.1, -0.05) is 19.3 Å². The Balaban J connectivity index is 1.49. The summed E-state index contributed by atoms with van der Waals surface area (Å²) in [6, 6.07) is 3.42. The third-order valence-electron chi connectivity index (χ3n) is 6.76. The number of carbonyl (C=O) groups is 2. The Labute approximate surface area is 160 Å². The van der Waals surface area contributed by atoms with Crippen molar-refractivity contribution in [1.82, 2.24) is 14.4 Å². The Kier molecular flexibility index (Phi) is 4.82. The van der Waals surface area contributed by atoms with Crippen molar-refractivity contribution in [3.05, 3.63) is 34.2 Å². The van der Waals surface area contributed by atoms with Crippen LogP contribution in [0, 0.1) is 5.41 Å². The van der Waals surface area contributed by atoms with Gasteiger partial charge in [-0.05, 0) is 38.2 Å². The number of likely N-dealkylation sites (tertiary alicyclic amines) is 2. The van der Waals surface area contributed by atoms with Crippen LogP contribution >= 0.6 is 0 Å². The molecule has 2 amide bonds. The van der Waals surface area contributed by atoms with Crippen LogP contribution in [0.15, 0.2) is 23.1 Å². The highest BCUT2D eigenvalue weighted by Gasteiger charge is 2.50. The van der Waals surface area contributed by atoms with Crippen molar-refractivity contribution in [1.29, 1.82) is 0 Å². The predicted molar refractivity (Wildman–Crippen MR) is 102 cm³/mol. The van der Waals surface area contributed by atoms with E-state index in [1.807, 2.05) is 4.90 Å². The van der Waals surface area contributed by atoms with Gasteiger partial charge in [-0.15, -0.1) is 0 Å². The second kappa shape index (κ2) is 7.13. The third-order valence-corrected chi connectivity index (χ3v) is 6.76. The normalized spacial score (nSPS) is 26.8. The van der Waals surface area contributed by atoms with E-state index >= 15 is 0 Å². The number of aryl methyl sites for hydroxylation is 1. The molecule has 2 aliphatic heterocycles. The second-order valence-corrected chi connectivity index (χ2v) is 8.52. The molecule has 6 heteroatoms. The predicted octanol–water partition coefficient (Wildman–Crippen LogP) is 2.17. The van der Waals surface area contributed by atoms with Gasteiger partial charge in [0.05, 0.1) is 11.0 Å². The average Bonchev–Trinajstić information content (AvgIpc) is 3.11. The molecule has 3 aliphatic rings. The maximum atomic E-state index is 13.4. The lowest BCUT2D eigenvalue weighted by molar-refractivity contribution is -0.149. The number of amides is 2. The van der Waals surface area contributed by atoms with E-state index in [0.29, 0.717) is 24.7 Å². The van der Waals surface area contributed by atoms with E-state index in [9.17, 15) is 14.4 Å². The summed E-state index contributed by atoms with van der Waals surface area (Å²) in [5.41, 5.74) is -0.0111. The first kappa shape index (κ1) is 18.3. The van der Waals surface area contributed by atoms with Gasteiger partial charge >= 0.3 is 0 Å². The van der Waals surface area contributed by atoms with Crippen LogP contribution in [0.4, 0.5) is 0 Å². The molecule has 0 bridgehead atoms. The zero-order chi connectivity index (χ0) is 19.0. The molecular weight excluding hydrogens is 342 g/mol. The number of aromatic nitrogens is 1. The van der Waals surface area contributed by atoms with Crippen LogP contribution in [0.2, 0.25) is 0 Å². The van der Waals surface area contributed by atoms with E-state index in [1.54, 1.807) is 19.3 Å². The highest BCUT2D eigenvalue weighted by molar-refractivity contribution is 5.95. The Bertz CT molecular complexity index is 796. The van der Waals surface area contributed by atoms with Crippen LogP contribution < -0.4 is 5.56 Å². The number of nitrogens with zero attached hydrogens (tertiary/aromatic N) is 3. The van der Waals surface area contributed by atoms with Crippen LogP contribution in [0.5, 0.6) is 0 Å². The Hall–Kier alpha value is -2.11. The molecule has 1 saturated carbocycles. The van der Waals surface area contributed by atoms with E-state index in [1.165, 1.54) is 29.9 Å². The van der Waals surface area contributed by atoms with Gasteiger partial charge in [-0.2, -0.15) is 0 Å². The summed E-state index contributed by atoms with van der Waals surface area (Å²) >= 11 is 0. The lowest BCUT2D eigenvalue weighted by Crippen LogP contribution is -2.54. The molecule has 1 aromatic heterocycles. The molecule has 6 nitrogen and oxygen atoms in total. The van der Waals surface area contributed by atoms with Crippen molar-refractivity contribution in [2.75, 3.05) is 19.6 Å². The Morgan fingerprint density at radius 3 is 2.56 bits per heavy atom. The zero-order valence-corrected chi connectivity index (χ0v) is 16.2. The lowest BCUT2D eigenvalue weighted by Gasteiger charge is -2.44. The van der Waals surface area contributed by atoms with Crippen molar-refractivity contribution in [3.8, 4) is 0 Å². The quantitative estimate of drug-likeness (QED) is 0.800. The summed E-state index contributed by atoms with van der Waals surface area (Å²) in [5, 5.41) is 0. The molecule has 0 N–H and O–H groups in total. The van der Waals surface area contributed by atoms with E-state index in [2.05, 4.69) is 4.90 Å². The Morgan fingerprint density at radius 2 is 1.81 bits per heavy atom. The fraction of sp³-hybridized carbons (Fsp3) is 0.667. The summed E-state index contributed by atoms with van der Waals surface area (Å²) < 4.78 is 1.43. The summed E-state index contributed by atoms with van der Waals surface area (Å²) in [5.74, 6) is 0.196. The first-order valence-corrected chi connectivity index (χ1v) is 10.3. The molecule has 0 aromatic carbocycles. The number of carbonyl (C=O) groups excluding carboxylic acids is 2. The number of rotatable bonds is 2. The number of hydrogen-bond acceptors (Lipinski definition) is 3. The third kappa shape index (κ3) is 3.30. The summed E-state index contributed by atoms with van der Waals surface area (Å²) in [6.07, 6.45) is 10.2. The van der Waals surface area contributed by atoms with E-state index in [4.69, 9.17) is 0 Å². The van der Waals surface area contributed by atoms with Crippen molar-refractivity contribution >= 4 is 11.8 Å². The fourth-order valence-corrected chi connectivity index (χ4v) is 5.17. The van der Waals surface area contributed by atoms with Gasteiger partial charge in [0.15, 0.2) is 0 Å². The van der Waals surface area contributed by atoms with Crippen LogP contribution in [-0.4, -0.2) is 51.9 Å². The van der Waals surface area contributed by atoms with Gasteiger partial charge in [0.1, 0.15) is 0 Å². The van der Waals surface area contributed by atoms with Crippen molar-refractivity contribution in [2.24, 2.45) is 12.5 Å². The van der Waals surface area contributed by atoms with Gasteiger partial charge in [-0.3, -0.25) is 14.4 Å². The van der Waals surface area contributed by atoms with Crippen molar-refractivity contribution < 1.29 is 9.59 Å². The monoisotopic (exact) mass is 371 g/mol. The van der Waals surface area contributed by atoms with Crippen LogP contribution in [-0.2, 0) is 11.8 Å². The molecular formula is C21H29N3O3. The maximum Gasteiger partial charge on any atom is 0.255 e. The first-order valence-electron chi connectivity index (χ1n) is 10.3. The van der Waals surface area contributed by atoms with Gasteiger partial charge < -0.3 is 14.4 Å². The molecule has 4 rings (SSSR count). The van der Waals surface area contributed by atoms with Crippen LogP contribution in [0.25, 0.3) is 0 Å². The number of piperidine rings is 1. The highest BCUT2D eigenvalue weighted by atomic mass is 16.2. The first-order chi connectivity index (χ1) is 13.0. The van der Waals surface area contributed by atoms with E-state index in [-0.39, 0.29) is 17.4 Å². The molecule has 146 valence electrons. The topological polar surface area (TPSA) is 62.6 Å².